The molecule has 0 radical (unpaired) electrons. The minimum atomic E-state index is -0.803. The Balaban J connectivity index is 2.56. The van der Waals surface area contributed by atoms with Gasteiger partial charge in [0.15, 0.2) is 5.75 Å². The number of benzene rings is 1. The molecule has 0 unspecified atom stereocenters. The molecule has 0 saturated heterocycles. The van der Waals surface area contributed by atoms with Gasteiger partial charge >= 0.3 is 11.7 Å². The summed E-state index contributed by atoms with van der Waals surface area (Å²) in [7, 11) is 0. The van der Waals surface area contributed by atoms with Crippen molar-refractivity contribution in [2.75, 3.05) is 18.5 Å². The molecule has 0 fully saturated rings. The van der Waals surface area contributed by atoms with Crippen LogP contribution in [0.2, 0.25) is 0 Å². The highest BCUT2D eigenvalue weighted by atomic mass is 16.6. The highest BCUT2D eigenvalue weighted by Gasteiger charge is 2.20. The monoisotopic (exact) mass is 296 g/mol. The zero-order valence-electron chi connectivity index (χ0n) is 12.0. The number of anilines is 1. The van der Waals surface area contributed by atoms with Crippen LogP contribution in [0.15, 0.2) is 18.2 Å². The van der Waals surface area contributed by atoms with Crippen LogP contribution in [0.4, 0.5) is 11.4 Å². The van der Waals surface area contributed by atoms with E-state index in [1.165, 1.54) is 0 Å². The van der Waals surface area contributed by atoms with Crippen LogP contribution >= 0.6 is 0 Å². The second-order valence-electron chi connectivity index (χ2n) is 4.47. The van der Waals surface area contributed by atoms with Crippen LogP contribution in [0.25, 0.3) is 0 Å². The molecule has 0 amide bonds. The number of unbranched alkanes of at least 4 members (excludes halogenated alkanes) is 2. The molecule has 1 aromatic carbocycles. The number of hydrogen-bond donors (Lipinski definition) is 2. The Kier molecular flexibility index (Phi) is 7.00. The number of carboxylic acids is 1. The van der Waals surface area contributed by atoms with E-state index in [-0.39, 0.29) is 17.9 Å². The van der Waals surface area contributed by atoms with Crippen molar-refractivity contribution in [2.45, 2.75) is 32.6 Å². The summed E-state index contributed by atoms with van der Waals surface area (Å²) in [5.41, 5.74) is 0.356. The number of nitro groups is 1. The molecular formula is C14H20N2O5. The summed E-state index contributed by atoms with van der Waals surface area (Å²) in [5.74, 6) is -0.554. The van der Waals surface area contributed by atoms with Gasteiger partial charge in [-0.15, -0.1) is 0 Å². The predicted octanol–water partition coefficient (Wildman–Crippen LogP) is 3.05. The minimum Gasteiger partial charge on any atom is -0.487 e. The van der Waals surface area contributed by atoms with Crippen molar-refractivity contribution in [2.24, 2.45) is 0 Å². The summed E-state index contributed by atoms with van der Waals surface area (Å²) in [6, 6.07) is 4.91. The molecule has 0 spiro atoms. The third-order valence-corrected chi connectivity index (χ3v) is 2.86. The first-order chi connectivity index (χ1) is 10.1. The van der Waals surface area contributed by atoms with E-state index in [1.807, 2.05) is 0 Å². The van der Waals surface area contributed by atoms with E-state index >= 15 is 0 Å². The molecule has 7 heteroatoms. The highest BCUT2D eigenvalue weighted by molar-refractivity contribution is 5.68. The number of aliphatic carboxylic acids is 1. The van der Waals surface area contributed by atoms with Crippen LogP contribution < -0.4 is 10.1 Å². The first-order valence-electron chi connectivity index (χ1n) is 6.92. The lowest BCUT2D eigenvalue weighted by Gasteiger charge is -2.10. The van der Waals surface area contributed by atoms with Gasteiger partial charge in [-0.2, -0.15) is 0 Å². The number of hydrogen-bond acceptors (Lipinski definition) is 5. The molecule has 0 saturated carbocycles. The van der Waals surface area contributed by atoms with E-state index in [2.05, 4.69) is 5.32 Å². The van der Waals surface area contributed by atoms with E-state index in [1.54, 1.807) is 25.1 Å². The molecule has 0 aliphatic rings. The number of para-hydroxylation sites is 1. The normalized spacial score (nSPS) is 10.1. The van der Waals surface area contributed by atoms with Crippen LogP contribution in [0.5, 0.6) is 5.75 Å². The first-order valence-corrected chi connectivity index (χ1v) is 6.92. The van der Waals surface area contributed by atoms with Crippen molar-refractivity contribution >= 4 is 17.3 Å². The van der Waals surface area contributed by atoms with Crippen LogP contribution in [0, 0.1) is 10.1 Å². The van der Waals surface area contributed by atoms with Crippen LogP contribution in [0.3, 0.4) is 0 Å². The standard InChI is InChI=1S/C14H20N2O5/c1-2-21-12-8-6-7-11(14(12)16(19)20)15-10-5-3-4-9-13(17)18/h6-8,15H,2-5,9-10H2,1H3,(H,17,18). The van der Waals surface area contributed by atoms with Crippen LogP contribution in [-0.2, 0) is 4.79 Å². The Morgan fingerprint density at radius 2 is 2.14 bits per heavy atom. The molecule has 0 heterocycles. The second-order valence-corrected chi connectivity index (χ2v) is 4.47. The number of nitrogens with zero attached hydrogens (tertiary/aromatic N) is 1. The Hall–Kier alpha value is -2.31. The van der Waals surface area contributed by atoms with Gasteiger partial charge in [-0.25, -0.2) is 0 Å². The van der Waals surface area contributed by atoms with Gasteiger partial charge in [-0.3, -0.25) is 14.9 Å². The zero-order valence-corrected chi connectivity index (χ0v) is 12.0. The maximum atomic E-state index is 11.1. The van der Waals surface area contributed by atoms with E-state index in [9.17, 15) is 14.9 Å². The summed E-state index contributed by atoms with van der Waals surface area (Å²) in [5, 5.41) is 22.7. The molecule has 21 heavy (non-hydrogen) atoms. The van der Waals surface area contributed by atoms with Crippen molar-refractivity contribution < 1.29 is 19.6 Å². The number of nitrogens with one attached hydrogen (secondary N) is 1. The van der Waals surface area contributed by atoms with Crippen molar-refractivity contribution in [1.82, 2.24) is 0 Å². The van der Waals surface area contributed by atoms with Gasteiger partial charge in [0.25, 0.3) is 0 Å². The lowest BCUT2D eigenvalue weighted by molar-refractivity contribution is -0.384. The molecule has 0 aromatic heterocycles. The van der Waals surface area contributed by atoms with Gasteiger partial charge in [0.2, 0.25) is 0 Å². The first kappa shape index (κ1) is 16.7. The van der Waals surface area contributed by atoms with E-state index in [0.29, 0.717) is 25.3 Å². The van der Waals surface area contributed by atoms with Crippen LogP contribution in [-0.4, -0.2) is 29.2 Å². The minimum absolute atomic E-state index is 0.0649. The number of rotatable bonds is 10. The van der Waals surface area contributed by atoms with Gasteiger partial charge in [0.1, 0.15) is 5.69 Å². The SMILES string of the molecule is CCOc1cccc(NCCCCCC(=O)O)c1[N+](=O)[O-]. The van der Waals surface area contributed by atoms with Gasteiger partial charge in [-0.1, -0.05) is 12.5 Å². The summed E-state index contributed by atoms with van der Waals surface area (Å²) in [6.45, 7) is 2.68. The topological polar surface area (TPSA) is 102 Å². The van der Waals surface area contributed by atoms with Crippen LogP contribution in [0.1, 0.15) is 32.6 Å². The van der Waals surface area contributed by atoms with Gasteiger partial charge in [0, 0.05) is 13.0 Å². The molecule has 0 atom stereocenters. The Labute approximate surface area is 123 Å². The fraction of sp³-hybridized carbons (Fsp3) is 0.500. The summed E-state index contributed by atoms with van der Waals surface area (Å²) in [4.78, 5) is 21.1. The average Bonchev–Trinajstić information content (AvgIpc) is 2.42. The lowest BCUT2D eigenvalue weighted by Crippen LogP contribution is -2.06. The predicted molar refractivity (Wildman–Crippen MR) is 78.9 cm³/mol. The molecule has 2 N–H and O–H groups in total. The third-order valence-electron chi connectivity index (χ3n) is 2.86. The van der Waals surface area contributed by atoms with Crippen molar-refractivity contribution in [3.05, 3.63) is 28.3 Å². The second kappa shape index (κ2) is 8.78. The molecule has 7 nitrogen and oxygen atoms in total. The Morgan fingerprint density at radius 1 is 1.38 bits per heavy atom. The van der Waals surface area contributed by atoms with E-state index in [0.717, 1.165) is 12.8 Å². The molecule has 116 valence electrons. The lowest BCUT2D eigenvalue weighted by atomic mass is 10.2. The van der Waals surface area contributed by atoms with Gasteiger partial charge in [-0.05, 0) is 31.9 Å². The van der Waals surface area contributed by atoms with Gasteiger partial charge < -0.3 is 15.2 Å². The number of carbonyl (C=O) groups is 1. The van der Waals surface area contributed by atoms with Crippen molar-refractivity contribution in [3.63, 3.8) is 0 Å². The number of carboxylic acid groups (broad SMARTS) is 1. The maximum Gasteiger partial charge on any atom is 0.333 e. The fourth-order valence-corrected chi connectivity index (χ4v) is 1.93. The van der Waals surface area contributed by atoms with Gasteiger partial charge in [0.05, 0.1) is 11.5 Å². The molecule has 1 rings (SSSR count). The number of ether oxygens (including phenoxy) is 1. The number of nitro benzene ring substituents is 1. The summed E-state index contributed by atoms with van der Waals surface area (Å²) < 4.78 is 5.26. The smallest absolute Gasteiger partial charge is 0.333 e. The van der Waals surface area contributed by atoms with E-state index < -0.39 is 10.9 Å². The molecule has 1 aromatic rings. The zero-order chi connectivity index (χ0) is 15.7. The third kappa shape index (κ3) is 5.68. The maximum absolute atomic E-state index is 11.1. The van der Waals surface area contributed by atoms with E-state index in [4.69, 9.17) is 9.84 Å². The Morgan fingerprint density at radius 3 is 2.76 bits per heavy atom. The fourth-order valence-electron chi connectivity index (χ4n) is 1.93. The highest BCUT2D eigenvalue weighted by Crippen LogP contribution is 2.34. The Bertz CT molecular complexity index is 490. The molecular weight excluding hydrogens is 276 g/mol. The average molecular weight is 296 g/mol. The van der Waals surface area contributed by atoms with Crippen molar-refractivity contribution in [3.8, 4) is 5.75 Å². The van der Waals surface area contributed by atoms with Crippen molar-refractivity contribution in [1.29, 1.82) is 0 Å². The summed E-state index contributed by atoms with van der Waals surface area (Å²) in [6.07, 6.45) is 2.28. The molecule has 0 bridgehead atoms. The largest absolute Gasteiger partial charge is 0.487 e. The molecule has 0 aliphatic carbocycles. The summed E-state index contributed by atoms with van der Waals surface area (Å²) >= 11 is 0. The quantitative estimate of drug-likeness (QED) is 0.391. The molecule has 0 aliphatic heterocycles.